The zero-order valence-electron chi connectivity index (χ0n) is 13.7. The lowest BCUT2D eigenvalue weighted by molar-refractivity contribution is 0.0275. The van der Waals surface area contributed by atoms with E-state index in [0.717, 1.165) is 16.5 Å². The monoisotopic (exact) mass is 411 g/mol. The Morgan fingerprint density at radius 1 is 1.17 bits per heavy atom. The molecule has 0 bridgehead atoms. The fraction of sp³-hybridized carbons (Fsp3) is 0.368. The Kier molecular flexibility index (Phi) is 8.22. The molecule has 0 unspecified atom stereocenters. The van der Waals surface area contributed by atoms with Crippen molar-refractivity contribution in [1.82, 2.24) is 5.32 Å². The van der Waals surface area contributed by atoms with Crippen molar-refractivity contribution in [2.75, 3.05) is 13.2 Å². The summed E-state index contributed by atoms with van der Waals surface area (Å²) in [7, 11) is 0. The van der Waals surface area contributed by atoms with Gasteiger partial charge in [-0.3, -0.25) is 0 Å². The van der Waals surface area contributed by atoms with Gasteiger partial charge in [-0.1, -0.05) is 64.8 Å². The van der Waals surface area contributed by atoms with Gasteiger partial charge in [0, 0.05) is 22.1 Å². The molecule has 0 radical (unpaired) electrons. The van der Waals surface area contributed by atoms with Crippen molar-refractivity contribution in [3.63, 3.8) is 0 Å². The molecule has 2 aromatic carbocycles. The molecule has 0 fully saturated rings. The minimum Gasteiger partial charge on any atom is -0.389 e. The predicted octanol–water partition coefficient (Wildman–Crippen LogP) is 4.72. The van der Waals surface area contributed by atoms with Crippen LogP contribution in [0.5, 0.6) is 0 Å². The number of nitrogens with one attached hydrogen (secondary N) is 1. The highest BCUT2D eigenvalue weighted by Gasteiger charge is 2.12. The van der Waals surface area contributed by atoms with Crippen molar-refractivity contribution < 1.29 is 9.84 Å². The molecule has 0 aromatic heterocycles. The van der Waals surface area contributed by atoms with Gasteiger partial charge in [0.1, 0.15) is 0 Å². The van der Waals surface area contributed by atoms with E-state index in [9.17, 15) is 5.11 Å². The molecule has 5 heteroatoms. The van der Waals surface area contributed by atoms with Gasteiger partial charge in [0.25, 0.3) is 0 Å². The van der Waals surface area contributed by atoms with E-state index in [1.807, 2.05) is 36.4 Å². The van der Waals surface area contributed by atoms with Crippen LogP contribution in [0.15, 0.2) is 53.0 Å². The SMILES string of the molecule is CC[C@@H](NC[C@@H](O)COCc1ccccc1Cl)c1ccc(Br)cc1. The number of benzene rings is 2. The summed E-state index contributed by atoms with van der Waals surface area (Å²) >= 11 is 9.53. The fourth-order valence-corrected chi connectivity index (χ4v) is 2.91. The molecule has 2 N–H and O–H groups in total. The molecule has 3 nitrogen and oxygen atoms in total. The summed E-state index contributed by atoms with van der Waals surface area (Å²) in [5, 5.41) is 14.2. The molecule has 2 aromatic rings. The second-order valence-corrected chi connectivity index (χ2v) is 7.00. The summed E-state index contributed by atoms with van der Waals surface area (Å²) in [5.74, 6) is 0. The highest BCUT2D eigenvalue weighted by molar-refractivity contribution is 9.10. The second-order valence-electron chi connectivity index (χ2n) is 5.68. The van der Waals surface area contributed by atoms with Gasteiger partial charge in [0.05, 0.1) is 19.3 Å². The molecule has 2 rings (SSSR count). The van der Waals surface area contributed by atoms with Gasteiger partial charge >= 0.3 is 0 Å². The third-order valence-electron chi connectivity index (χ3n) is 3.81. The Morgan fingerprint density at radius 2 is 1.88 bits per heavy atom. The van der Waals surface area contributed by atoms with Gasteiger partial charge < -0.3 is 15.2 Å². The lowest BCUT2D eigenvalue weighted by Crippen LogP contribution is -2.33. The van der Waals surface area contributed by atoms with Crippen LogP contribution in [0.25, 0.3) is 0 Å². The van der Waals surface area contributed by atoms with Crippen LogP contribution in [-0.2, 0) is 11.3 Å². The van der Waals surface area contributed by atoms with Gasteiger partial charge in [0.15, 0.2) is 0 Å². The average molecular weight is 413 g/mol. The molecule has 0 aliphatic carbocycles. The van der Waals surface area contributed by atoms with E-state index in [0.29, 0.717) is 18.2 Å². The summed E-state index contributed by atoms with van der Waals surface area (Å²) in [6, 6.07) is 16.0. The highest BCUT2D eigenvalue weighted by Crippen LogP contribution is 2.19. The second kappa shape index (κ2) is 10.2. The highest BCUT2D eigenvalue weighted by atomic mass is 79.9. The Hall–Kier alpha value is -0.910. The molecule has 24 heavy (non-hydrogen) atoms. The molecular weight excluding hydrogens is 390 g/mol. The van der Waals surface area contributed by atoms with Crippen LogP contribution in [0.3, 0.4) is 0 Å². The smallest absolute Gasteiger partial charge is 0.0898 e. The summed E-state index contributed by atoms with van der Waals surface area (Å²) < 4.78 is 6.63. The van der Waals surface area contributed by atoms with Crippen LogP contribution in [0.1, 0.15) is 30.5 Å². The summed E-state index contributed by atoms with van der Waals surface area (Å²) in [5.41, 5.74) is 2.14. The molecule has 2 atom stereocenters. The van der Waals surface area contributed by atoms with Crippen LogP contribution < -0.4 is 5.32 Å². The van der Waals surface area contributed by atoms with Crippen LogP contribution in [0.4, 0.5) is 0 Å². The Bertz CT molecular complexity index is 621. The van der Waals surface area contributed by atoms with Gasteiger partial charge in [-0.2, -0.15) is 0 Å². The van der Waals surface area contributed by atoms with E-state index in [1.54, 1.807) is 0 Å². The number of aliphatic hydroxyl groups is 1. The van der Waals surface area contributed by atoms with E-state index in [-0.39, 0.29) is 12.6 Å². The Labute approximate surface area is 157 Å². The first-order valence-corrected chi connectivity index (χ1v) is 9.25. The largest absolute Gasteiger partial charge is 0.389 e. The molecule has 0 aliphatic heterocycles. The Balaban J connectivity index is 1.74. The number of hydrogen-bond donors (Lipinski definition) is 2. The minimum absolute atomic E-state index is 0.219. The first-order valence-electron chi connectivity index (χ1n) is 8.08. The normalized spacial score (nSPS) is 13.7. The van der Waals surface area contributed by atoms with Crippen LogP contribution >= 0.6 is 27.5 Å². The summed E-state index contributed by atoms with van der Waals surface area (Å²) in [6.07, 6.45) is 0.395. The molecule has 0 amide bonds. The average Bonchev–Trinajstić information content (AvgIpc) is 2.58. The molecular formula is C19H23BrClNO2. The standard InChI is InChI=1S/C19H23BrClNO2/c1-2-19(14-7-9-16(20)10-8-14)22-11-17(23)13-24-12-15-5-3-4-6-18(15)21/h3-10,17,19,22-23H,2,11-13H2,1H3/t17-,19-/m1/s1. The van der Waals surface area contributed by atoms with Gasteiger partial charge in [-0.25, -0.2) is 0 Å². The lowest BCUT2D eigenvalue weighted by Gasteiger charge is -2.20. The van der Waals surface area contributed by atoms with Crippen molar-refractivity contribution in [1.29, 1.82) is 0 Å². The van der Waals surface area contributed by atoms with E-state index >= 15 is 0 Å². The van der Waals surface area contributed by atoms with Crippen molar-refractivity contribution in [3.05, 3.63) is 69.2 Å². The van der Waals surface area contributed by atoms with Gasteiger partial charge in [-0.05, 0) is 35.7 Å². The van der Waals surface area contributed by atoms with Crippen molar-refractivity contribution in [2.45, 2.75) is 32.1 Å². The number of aliphatic hydroxyl groups excluding tert-OH is 1. The first kappa shape index (κ1) is 19.4. The zero-order valence-corrected chi connectivity index (χ0v) is 16.1. The first-order chi connectivity index (χ1) is 11.6. The molecule has 0 aliphatic rings. The van der Waals surface area contributed by atoms with Crippen molar-refractivity contribution in [3.8, 4) is 0 Å². The molecule has 0 saturated heterocycles. The van der Waals surface area contributed by atoms with Gasteiger partial charge in [-0.15, -0.1) is 0 Å². The fourth-order valence-electron chi connectivity index (χ4n) is 2.45. The van der Waals surface area contributed by atoms with E-state index in [4.69, 9.17) is 16.3 Å². The quantitative estimate of drug-likeness (QED) is 0.626. The number of rotatable bonds is 9. The number of ether oxygens (including phenoxy) is 1. The lowest BCUT2D eigenvalue weighted by atomic mass is 10.0. The number of hydrogen-bond acceptors (Lipinski definition) is 3. The van der Waals surface area contributed by atoms with E-state index in [2.05, 4.69) is 40.3 Å². The van der Waals surface area contributed by atoms with Gasteiger partial charge in [0.2, 0.25) is 0 Å². The zero-order chi connectivity index (χ0) is 17.4. The Morgan fingerprint density at radius 3 is 2.54 bits per heavy atom. The maximum absolute atomic E-state index is 10.1. The van der Waals surface area contributed by atoms with Crippen LogP contribution in [-0.4, -0.2) is 24.4 Å². The topological polar surface area (TPSA) is 41.5 Å². The summed E-state index contributed by atoms with van der Waals surface area (Å²) in [4.78, 5) is 0. The number of halogens is 2. The van der Waals surface area contributed by atoms with Crippen molar-refractivity contribution in [2.24, 2.45) is 0 Å². The van der Waals surface area contributed by atoms with Crippen LogP contribution in [0.2, 0.25) is 5.02 Å². The third-order valence-corrected chi connectivity index (χ3v) is 4.70. The van der Waals surface area contributed by atoms with Crippen LogP contribution in [0, 0.1) is 0 Å². The molecule has 0 spiro atoms. The predicted molar refractivity (Wildman–Crippen MR) is 102 cm³/mol. The van der Waals surface area contributed by atoms with Crippen molar-refractivity contribution >= 4 is 27.5 Å². The van der Waals surface area contributed by atoms with E-state index in [1.165, 1.54) is 5.56 Å². The maximum Gasteiger partial charge on any atom is 0.0898 e. The molecule has 0 heterocycles. The summed E-state index contributed by atoms with van der Waals surface area (Å²) in [6.45, 7) is 3.28. The molecule has 130 valence electrons. The maximum atomic E-state index is 10.1. The molecule has 0 saturated carbocycles. The minimum atomic E-state index is -0.558. The third kappa shape index (κ3) is 6.19. The van der Waals surface area contributed by atoms with E-state index < -0.39 is 6.10 Å².